The van der Waals surface area contributed by atoms with Crippen molar-refractivity contribution in [2.45, 2.75) is 45.4 Å². The molecule has 106 valence electrons. The van der Waals surface area contributed by atoms with E-state index in [0.29, 0.717) is 23.6 Å². The van der Waals surface area contributed by atoms with E-state index in [1.54, 1.807) is 12.1 Å². The van der Waals surface area contributed by atoms with Gasteiger partial charge in [-0.1, -0.05) is 43.9 Å². The Morgan fingerprint density at radius 1 is 1.47 bits per heavy atom. The van der Waals surface area contributed by atoms with Gasteiger partial charge in [-0.15, -0.1) is 0 Å². The Hall–Kier alpha value is -0.600. The summed E-state index contributed by atoms with van der Waals surface area (Å²) in [5.41, 5.74) is 6.71. The van der Waals surface area contributed by atoms with Crippen LogP contribution in [0.5, 0.6) is 0 Å². The molecule has 1 aromatic carbocycles. The van der Waals surface area contributed by atoms with Gasteiger partial charge in [-0.3, -0.25) is 0 Å². The smallest absolute Gasteiger partial charge is 0.127 e. The maximum absolute atomic E-state index is 14.0. The second-order valence-corrected chi connectivity index (χ2v) is 6.36. The van der Waals surface area contributed by atoms with Crippen LogP contribution in [-0.4, -0.2) is 6.54 Å². The molecule has 1 fully saturated rings. The third-order valence-corrected chi connectivity index (χ3v) is 5.02. The van der Waals surface area contributed by atoms with E-state index in [1.165, 1.54) is 25.3 Å². The van der Waals surface area contributed by atoms with Crippen molar-refractivity contribution < 1.29 is 4.39 Å². The molecule has 2 atom stereocenters. The fourth-order valence-corrected chi connectivity index (χ4v) is 3.65. The molecule has 1 nitrogen and oxygen atoms in total. The van der Waals surface area contributed by atoms with Gasteiger partial charge in [-0.05, 0) is 49.3 Å². The molecule has 3 heteroatoms. The van der Waals surface area contributed by atoms with E-state index in [4.69, 9.17) is 17.3 Å². The molecule has 1 aromatic rings. The molecule has 0 aliphatic heterocycles. The molecule has 19 heavy (non-hydrogen) atoms. The lowest BCUT2D eigenvalue weighted by atomic mass is 9.66. The lowest BCUT2D eigenvalue weighted by Gasteiger charge is -2.40. The minimum Gasteiger partial charge on any atom is -0.330 e. The summed E-state index contributed by atoms with van der Waals surface area (Å²) in [6.07, 6.45) is 6.53. The Kier molecular flexibility index (Phi) is 4.86. The van der Waals surface area contributed by atoms with Gasteiger partial charge in [0.05, 0.1) is 0 Å². The van der Waals surface area contributed by atoms with Crippen molar-refractivity contribution in [3.8, 4) is 0 Å². The largest absolute Gasteiger partial charge is 0.330 e. The van der Waals surface area contributed by atoms with Gasteiger partial charge in [-0.25, -0.2) is 4.39 Å². The van der Waals surface area contributed by atoms with Crippen molar-refractivity contribution >= 4 is 11.6 Å². The van der Waals surface area contributed by atoms with E-state index < -0.39 is 0 Å². The molecule has 1 aliphatic rings. The molecule has 0 bridgehead atoms. The first-order chi connectivity index (χ1) is 9.10. The highest BCUT2D eigenvalue weighted by Gasteiger charge is 2.35. The Balaban J connectivity index is 2.23. The summed E-state index contributed by atoms with van der Waals surface area (Å²) in [4.78, 5) is 0. The topological polar surface area (TPSA) is 26.0 Å². The lowest BCUT2D eigenvalue weighted by molar-refractivity contribution is 0.141. The molecule has 0 radical (unpaired) electrons. The van der Waals surface area contributed by atoms with Crippen LogP contribution in [0.4, 0.5) is 4.39 Å². The van der Waals surface area contributed by atoms with E-state index in [9.17, 15) is 4.39 Å². The Labute approximate surface area is 120 Å². The van der Waals surface area contributed by atoms with E-state index in [0.717, 1.165) is 18.8 Å². The van der Waals surface area contributed by atoms with Gasteiger partial charge in [0.25, 0.3) is 0 Å². The van der Waals surface area contributed by atoms with Crippen molar-refractivity contribution in [1.82, 2.24) is 0 Å². The SMILES string of the molecule is CCC1CCCC(CN)(Cc2c(F)cccc2Cl)C1. The van der Waals surface area contributed by atoms with E-state index >= 15 is 0 Å². The maximum atomic E-state index is 14.0. The number of rotatable bonds is 4. The van der Waals surface area contributed by atoms with Gasteiger partial charge < -0.3 is 5.73 Å². The van der Waals surface area contributed by atoms with Gasteiger partial charge >= 0.3 is 0 Å². The summed E-state index contributed by atoms with van der Waals surface area (Å²) in [5, 5.41) is 0.534. The minimum atomic E-state index is -0.195. The van der Waals surface area contributed by atoms with Crippen LogP contribution in [0.25, 0.3) is 0 Å². The Bertz CT molecular complexity index is 415. The molecular formula is C16H23ClFN. The highest BCUT2D eigenvalue weighted by Crippen LogP contribution is 2.43. The predicted octanol–water partition coefficient (Wildman–Crippen LogP) is 4.57. The van der Waals surface area contributed by atoms with Gasteiger partial charge in [0.2, 0.25) is 0 Å². The highest BCUT2D eigenvalue weighted by molar-refractivity contribution is 6.31. The first-order valence-electron chi connectivity index (χ1n) is 7.23. The minimum absolute atomic E-state index is 0.0325. The molecule has 2 unspecified atom stereocenters. The molecule has 0 aromatic heterocycles. The quantitative estimate of drug-likeness (QED) is 0.861. The van der Waals surface area contributed by atoms with Crippen LogP contribution in [0.1, 0.15) is 44.6 Å². The zero-order valence-electron chi connectivity index (χ0n) is 11.6. The first kappa shape index (κ1) is 14.8. The zero-order chi connectivity index (χ0) is 13.9. The molecule has 0 saturated heterocycles. The maximum Gasteiger partial charge on any atom is 0.127 e. The standard InChI is InChI=1S/C16H23ClFN/c1-2-12-5-4-8-16(9-12,11-19)10-13-14(17)6-3-7-15(13)18/h3,6-7,12H,2,4-5,8-11,19H2,1H3. The van der Waals surface area contributed by atoms with Crippen LogP contribution in [0.15, 0.2) is 18.2 Å². The fourth-order valence-electron chi connectivity index (χ4n) is 3.43. The van der Waals surface area contributed by atoms with Crippen LogP contribution >= 0.6 is 11.6 Å². The van der Waals surface area contributed by atoms with Gasteiger partial charge in [-0.2, -0.15) is 0 Å². The molecule has 2 N–H and O–H groups in total. The van der Waals surface area contributed by atoms with Crippen molar-refractivity contribution in [2.75, 3.05) is 6.54 Å². The second-order valence-electron chi connectivity index (χ2n) is 5.95. The number of hydrogen-bond donors (Lipinski definition) is 1. The Morgan fingerprint density at radius 3 is 2.89 bits per heavy atom. The van der Waals surface area contributed by atoms with Crippen LogP contribution < -0.4 is 5.73 Å². The molecule has 0 amide bonds. The zero-order valence-corrected chi connectivity index (χ0v) is 12.3. The molecule has 0 spiro atoms. The summed E-state index contributed by atoms with van der Waals surface area (Å²) in [5.74, 6) is 0.529. The van der Waals surface area contributed by atoms with Gasteiger partial charge in [0, 0.05) is 10.6 Å². The van der Waals surface area contributed by atoms with Crippen molar-refractivity contribution in [3.63, 3.8) is 0 Å². The lowest BCUT2D eigenvalue weighted by Crippen LogP contribution is -2.38. The van der Waals surface area contributed by atoms with E-state index in [2.05, 4.69) is 6.92 Å². The molecule has 0 heterocycles. The van der Waals surface area contributed by atoms with Gasteiger partial charge in [0.1, 0.15) is 5.82 Å². The summed E-state index contributed by atoms with van der Waals surface area (Å²) >= 11 is 6.16. The molecule has 1 aliphatic carbocycles. The van der Waals surface area contributed by atoms with Crippen LogP contribution in [-0.2, 0) is 6.42 Å². The molecule has 2 rings (SSSR count). The number of halogens is 2. The summed E-state index contributed by atoms with van der Waals surface area (Å²) < 4.78 is 14.0. The van der Waals surface area contributed by atoms with E-state index in [-0.39, 0.29) is 11.2 Å². The van der Waals surface area contributed by atoms with Crippen molar-refractivity contribution in [3.05, 3.63) is 34.6 Å². The Morgan fingerprint density at radius 2 is 2.26 bits per heavy atom. The summed E-state index contributed by atoms with van der Waals surface area (Å²) in [7, 11) is 0. The van der Waals surface area contributed by atoms with E-state index in [1.807, 2.05) is 0 Å². The number of hydrogen-bond acceptors (Lipinski definition) is 1. The summed E-state index contributed by atoms with van der Waals surface area (Å²) in [6.45, 7) is 2.85. The third-order valence-electron chi connectivity index (χ3n) is 4.66. The third kappa shape index (κ3) is 3.29. The number of nitrogens with two attached hydrogens (primary N) is 1. The highest BCUT2D eigenvalue weighted by atomic mass is 35.5. The van der Waals surface area contributed by atoms with Crippen molar-refractivity contribution in [2.24, 2.45) is 17.1 Å². The first-order valence-corrected chi connectivity index (χ1v) is 7.61. The summed E-state index contributed by atoms with van der Waals surface area (Å²) in [6, 6.07) is 4.92. The average Bonchev–Trinajstić information content (AvgIpc) is 2.43. The van der Waals surface area contributed by atoms with Crippen molar-refractivity contribution in [1.29, 1.82) is 0 Å². The normalized spacial score (nSPS) is 27.5. The predicted molar refractivity (Wildman–Crippen MR) is 78.9 cm³/mol. The average molecular weight is 284 g/mol. The van der Waals surface area contributed by atoms with Gasteiger partial charge in [0.15, 0.2) is 0 Å². The molecule has 1 saturated carbocycles. The molecular weight excluding hydrogens is 261 g/mol. The number of benzene rings is 1. The second kappa shape index (κ2) is 6.23. The van der Waals surface area contributed by atoms with Crippen LogP contribution in [0.3, 0.4) is 0 Å². The van der Waals surface area contributed by atoms with Crippen LogP contribution in [0, 0.1) is 17.2 Å². The van der Waals surface area contributed by atoms with Crippen LogP contribution in [0.2, 0.25) is 5.02 Å². The fraction of sp³-hybridized carbons (Fsp3) is 0.625. The monoisotopic (exact) mass is 283 g/mol.